The Morgan fingerprint density at radius 2 is 1.47 bits per heavy atom. The summed E-state index contributed by atoms with van der Waals surface area (Å²) in [4.78, 5) is 4.94. The van der Waals surface area contributed by atoms with Crippen molar-refractivity contribution in [1.29, 1.82) is 0 Å². The number of allylic oxidation sites excluding steroid dienone is 1. The Kier molecular flexibility index (Phi) is 4.89. The van der Waals surface area contributed by atoms with E-state index >= 15 is 0 Å². The minimum absolute atomic E-state index is 0.00449. The quantitative estimate of drug-likeness (QED) is 0.178. The van der Waals surface area contributed by atoms with Gasteiger partial charge in [0.1, 0.15) is 22.7 Å². The molecule has 7 aromatic rings. The molecular formula is C43H29BN2O3. The zero-order valence-corrected chi connectivity index (χ0v) is 26.8. The standard InChI is InChI=1S/C43H29BN2O3/c1-24-19-20-34-28(21-24)29-22-32-39-43(42(29)48-34)49-36-23-35-37(27-15-8-9-18-33(27)47-35)41-40(36)44(39)38-30(45(32)25-11-4-2-5-12-25)16-10-17-31(38)46(41)26-13-6-3-7-14-26/h2-20,22-24,39,43H,21H2,1H3. The smallest absolute Gasteiger partial charge is 0.236 e. The lowest BCUT2D eigenvalue weighted by Gasteiger charge is -2.52. The van der Waals surface area contributed by atoms with Crippen molar-refractivity contribution in [2.24, 2.45) is 5.92 Å². The van der Waals surface area contributed by atoms with Crippen LogP contribution in [0, 0.1) is 5.92 Å². The molecule has 6 heteroatoms. The molecule has 0 saturated heterocycles. The molecule has 5 aliphatic rings. The summed E-state index contributed by atoms with van der Waals surface area (Å²) in [6, 6.07) is 38.9. The number of benzene rings is 5. The van der Waals surface area contributed by atoms with Crippen molar-refractivity contribution >= 4 is 80.2 Å². The van der Waals surface area contributed by atoms with Crippen molar-refractivity contribution in [2.75, 3.05) is 9.80 Å². The molecule has 0 N–H and O–H groups in total. The molecular weight excluding hydrogens is 603 g/mol. The molecule has 3 unspecified atom stereocenters. The number of rotatable bonds is 2. The maximum absolute atomic E-state index is 7.33. The fourth-order valence-corrected chi connectivity index (χ4v) is 9.47. The third-order valence-electron chi connectivity index (χ3n) is 11.4. The molecule has 0 amide bonds. The van der Waals surface area contributed by atoms with E-state index < -0.39 is 0 Å². The average molecular weight is 633 g/mol. The van der Waals surface area contributed by atoms with Crippen LogP contribution in [-0.4, -0.2) is 6.71 Å². The third-order valence-corrected chi connectivity index (χ3v) is 11.4. The van der Waals surface area contributed by atoms with Gasteiger partial charge in [0.2, 0.25) is 6.71 Å². The summed E-state index contributed by atoms with van der Waals surface area (Å²) < 4.78 is 20.8. The minimum Gasteiger partial charge on any atom is -0.483 e. The summed E-state index contributed by atoms with van der Waals surface area (Å²) >= 11 is 0. The highest BCUT2D eigenvalue weighted by Crippen LogP contribution is 2.60. The molecule has 2 aromatic heterocycles. The van der Waals surface area contributed by atoms with Crippen LogP contribution in [0.15, 0.2) is 130 Å². The Morgan fingerprint density at radius 1 is 0.735 bits per heavy atom. The Bertz CT molecular complexity index is 2620. The maximum Gasteiger partial charge on any atom is 0.236 e. The van der Waals surface area contributed by atoms with Gasteiger partial charge in [0, 0.05) is 56.8 Å². The zero-order valence-electron chi connectivity index (χ0n) is 26.8. The molecule has 5 aromatic carbocycles. The molecule has 2 aliphatic carbocycles. The van der Waals surface area contributed by atoms with Gasteiger partial charge in [0.15, 0.2) is 11.9 Å². The van der Waals surface area contributed by atoms with Gasteiger partial charge in [-0.1, -0.05) is 73.7 Å². The van der Waals surface area contributed by atoms with E-state index in [4.69, 9.17) is 13.6 Å². The Morgan fingerprint density at radius 3 is 2.29 bits per heavy atom. The van der Waals surface area contributed by atoms with E-state index in [0.29, 0.717) is 5.92 Å². The highest BCUT2D eigenvalue weighted by atomic mass is 16.5. The van der Waals surface area contributed by atoms with Gasteiger partial charge in [-0.2, -0.15) is 0 Å². The van der Waals surface area contributed by atoms with Crippen LogP contribution >= 0.6 is 0 Å². The van der Waals surface area contributed by atoms with Gasteiger partial charge in [-0.25, -0.2) is 0 Å². The predicted octanol–water partition coefficient (Wildman–Crippen LogP) is 9.79. The van der Waals surface area contributed by atoms with E-state index in [0.717, 1.165) is 62.7 Å². The zero-order chi connectivity index (χ0) is 32.0. The van der Waals surface area contributed by atoms with E-state index in [-0.39, 0.29) is 18.6 Å². The largest absolute Gasteiger partial charge is 0.483 e. The fraction of sp³-hybridized carbons (Fsp3) is 0.116. The number of hydrogen-bond acceptors (Lipinski definition) is 5. The van der Waals surface area contributed by atoms with Crippen LogP contribution < -0.4 is 25.5 Å². The van der Waals surface area contributed by atoms with Crippen molar-refractivity contribution in [2.45, 2.75) is 25.3 Å². The first kappa shape index (κ1) is 26.1. The lowest BCUT2D eigenvalue weighted by Crippen LogP contribution is -2.62. The maximum atomic E-state index is 7.33. The van der Waals surface area contributed by atoms with E-state index in [1.807, 2.05) is 6.07 Å². The van der Waals surface area contributed by atoms with Gasteiger partial charge >= 0.3 is 0 Å². The van der Waals surface area contributed by atoms with Crippen LogP contribution in [0.5, 0.6) is 5.75 Å². The van der Waals surface area contributed by atoms with E-state index in [9.17, 15) is 0 Å². The van der Waals surface area contributed by atoms with Gasteiger partial charge in [0.05, 0.1) is 11.1 Å². The molecule has 12 rings (SSSR count). The average Bonchev–Trinajstić information content (AvgIpc) is 3.70. The lowest BCUT2D eigenvalue weighted by atomic mass is 9.27. The van der Waals surface area contributed by atoms with Crippen molar-refractivity contribution in [1.82, 2.24) is 0 Å². The minimum atomic E-state index is -0.299. The highest BCUT2D eigenvalue weighted by molar-refractivity contribution is 6.93. The van der Waals surface area contributed by atoms with Crippen molar-refractivity contribution in [3.05, 3.63) is 144 Å². The summed E-state index contributed by atoms with van der Waals surface area (Å²) in [7, 11) is 0. The van der Waals surface area contributed by atoms with Crippen LogP contribution in [-0.2, 0) is 6.42 Å². The summed E-state index contributed by atoms with van der Waals surface area (Å²) in [5.74, 6) is 3.21. The molecule has 0 fully saturated rings. The Labute approximate surface area is 283 Å². The van der Waals surface area contributed by atoms with E-state index in [1.54, 1.807) is 0 Å². The topological polar surface area (TPSA) is 42.0 Å². The van der Waals surface area contributed by atoms with Gasteiger partial charge in [-0.05, 0) is 77.9 Å². The molecule has 0 spiro atoms. The highest BCUT2D eigenvalue weighted by Gasteiger charge is 2.58. The molecule has 5 nitrogen and oxygen atoms in total. The molecule has 5 heterocycles. The van der Waals surface area contributed by atoms with Crippen molar-refractivity contribution < 1.29 is 13.6 Å². The fourth-order valence-electron chi connectivity index (χ4n) is 9.47. The first-order valence-electron chi connectivity index (χ1n) is 17.3. The first-order valence-corrected chi connectivity index (χ1v) is 17.3. The predicted molar refractivity (Wildman–Crippen MR) is 198 cm³/mol. The molecule has 0 saturated carbocycles. The first-order chi connectivity index (χ1) is 24.2. The van der Waals surface area contributed by atoms with Gasteiger partial charge in [0.25, 0.3) is 0 Å². The van der Waals surface area contributed by atoms with E-state index in [1.165, 1.54) is 39.1 Å². The number of ether oxygens (including phenoxy) is 1. The monoisotopic (exact) mass is 632 g/mol. The second-order valence-corrected chi connectivity index (χ2v) is 14.0. The second-order valence-electron chi connectivity index (χ2n) is 14.0. The molecule has 0 bridgehead atoms. The number of furan rings is 2. The van der Waals surface area contributed by atoms with Crippen LogP contribution in [0.4, 0.5) is 28.4 Å². The van der Waals surface area contributed by atoms with Crippen LogP contribution in [0.3, 0.4) is 0 Å². The van der Waals surface area contributed by atoms with E-state index in [2.05, 4.69) is 138 Å². The molecule has 232 valence electrons. The SMILES string of the molecule is CC1C=Cc2oc3c(c2C1)C=C1C2B4c5c(cccc5N(c5ccccc5)c5c4c(cc4oc6ccccc6c54)OC32)N1c1ccccc1. The summed E-state index contributed by atoms with van der Waals surface area (Å²) in [6.45, 7) is 2.32. The molecule has 3 atom stereocenters. The molecule has 49 heavy (non-hydrogen) atoms. The second kappa shape index (κ2) is 9.17. The lowest BCUT2D eigenvalue weighted by molar-refractivity contribution is 0.169. The van der Waals surface area contributed by atoms with Crippen LogP contribution in [0.2, 0.25) is 5.82 Å². The Hall–Kier alpha value is -5.88. The summed E-state index contributed by atoms with van der Waals surface area (Å²) in [5.41, 5.74) is 13.8. The van der Waals surface area contributed by atoms with Crippen molar-refractivity contribution in [3.8, 4) is 5.75 Å². The van der Waals surface area contributed by atoms with Crippen LogP contribution in [0.1, 0.15) is 35.7 Å². The normalized spacial score (nSPS) is 20.6. The molecule has 0 radical (unpaired) electrons. The number of anilines is 5. The third kappa shape index (κ3) is 3.27. The van der Waals surface area contributed by atoms with Gasteiger partial charge < -0.3 is 23.4 Å². The summed E-state index contributed by atoms with van der Waals surface area (Å²) in [5, 5.41) is 2.23. The number of para-hydroxylation sites is 3. The number of fused-ring (bicyclic) bond motifs is 8. The number of hydrogen-bond donors (Lipinski definition) is 0. The number of nitrogens with zero attached hydrogens (tertiary/aromatic N) is 2. The molecule has 3 aliphatic heterocycles. The van der Waals surface area contributed by atoms with Crippen LogP contribution in [0.25, 0.3) is 34.1 Å². The Balaban J connectivity index is 1.25. The summed E-state index contributed by atoms with van der Waals surface area (Å²) in [6.07, 6.45) is 7.50. The van der Waals surface area contributed by atoms with Crippen molar-refractivity contribution in [3.63, 3.8) is 0 Å². The van der Waals surface area contributed by atoms with Gasteiger partial charge in [-0.15, -0.1) is 0 Å². The van der Waals surface area contributed by atoms with Gasteiger partial charge in [-0.3, -0.25) is 0 Å².